The maximum absolute atomic E-state index is 12.6. The van der Waals surface area contributed by atoms with Gasteiger partial charge in [0.05, 0.1) is 21.3 Å². The highest BCUT2D eigenvalue weighted by Crippen LogP contribution is 2.24. The SMILES string of the molecule is COc1nc(OC)nc(N2CCC(C(=O)NCc3ccccc3OC)CC2)n1. The largest absolute Gasteiger partial charge is 0.496 e. The lowest BCUT2D eigenvalue weighted by molar-refractivity contribution is -0.125. The zero-order chi connectivity index (χ0) is 19.9. The second-order valence-corrected chi connectivity index (χ2v) is 6.40. The first kappa shape index (κ1) is 19.7. The number of benzene rings is 1. The van der Waals surface area contributed by atoms with Crippen molar-refractivity contribution in [2.45, 2.75) is 19.4 Å². The quantitative estimate of drug-likeness (QED) is 0.762. The van der Waals surface area contributed by atoms with Crippen molar-refractivity contribution in [2.75, 3.05) is 39.3 Å². The van der Waals surface area contributed by atoms with Gasteiger partial charge in [0.15, 0.2) is 0 Å². The highest BCUT2D eigenvalue weighted by atomic mass is 16.5. The van der Waals surface area contributed by atoms with Crippen LogP contribution in [0.1, 0.15) is 18.4 Å². The Morgan fingerprint density at radius 1 is 1.04 bits per heavy atom. The minimum absolute atomic E-state index is 0.0448. The molecule has 1 amide bonds. The van der Waals surface area contributed by atoms with Crippen LogP contribution in [0.2, 0.25) is 0 Å². The fraction of sp³-hybridized carbons (Fsp3) is 0.474. The van der Waals surface area contributed by atoms with E-state index in [1.807, 2.05) is 29.2 Å². The number of hydrogen-bond donors (Lipinski definition) is 1. The molecule has 1 aliphatic rings. The average molecular weight is 387 g/mol. The van der Waals surface area contributed by atoms with E-state index in [4.69, 9.17) is 14.2 Å². The third-order valence-corrected chi connectivity index (χ3v) is 4.74. The molecule has 1 fully saturated rings. The molecule has 0 unspecified atom stereocenters. The number of nitrogens with one attached hydrogen (secondary N) is 1. The summed E-state index contributed by atoms with van der Waals surface area (Å²) in [7, 11) is 4.62. The van der Waals surface area contributed by atoms with Crippen LogP contribution in [-0.2, 0) is 11.3 Å². The molecule has 0 atom stereocenters. The third-order valence-electron chi connectivity index (χ3n) is 4.74. The first-order valence-electron chi connectivity index (χ1n) is 9.13. The van der Waals surface area contributed by atoms with Gasteiger partial charge in [-0.3, -0.25) is 4.79 Å². The molecule has 0 aliphatic carbocycles. The lowest BCUT2D eigenvalue weighted by Gasteiger charge is -2.31. The Hall–Kier alpha value is -3.10. The van der Waals surface area contributed by atoms with Crippen LogP contribution in [0.3, 0.4) is 0 Å². The summed E-state index contributed by atoms with van der Waals surface area (Å²) in [6.45, 7) is 1.79. The van der Waals surface area contributed by atoms with Gasteiger partial charge in [0.1, 0.15) is 5.75 Å². The number of ether oxygens (including phenoxy) is 3. The van der Waals surface area contributed by atoms with E-state index in [2.05, 4.69) is 20.3 Å². The molecule has 150 valence electrons. The van der Waals surface area contributed by atoms with Crippen LogP contribution < -0.4 is 24.4 Å². The number of carbonyl (C=O) groups excluding carboxylic acids is 1. The van der Waals surface area contributed by atoms with Crippen molar-refractivity contribution < 1.29 is 19.0 Å². The summed E-state index contributed by atoms with van der Waals surface area (Å²) in [5.74, 6) is 1.28. The highest BCUT2D eigenvalue weighted by Gasteiger charge is 2.27. The van der Waals surface area contributed by atoms with Crippen LogP contribution in [0.5, 0.6) is 17.8 Å². The van der Waals surface area contributed by atoms with Gasteiger partial charge in [0.25, 0.3) is 0 Å². The molecule has 1 aliphatic heterocycles. The van der Waals surface area contributed by atoms with Crippen molar-refractivity contribution in [2.24, 2.45) is 5.92 Å². The summed E-state index contributed by atoms with van der Waals surface area (Å²) in [5, 5.41) is 3.02. The van der Waals surface area contributed by atoms with E-state index in [1.165, 1.54) is 14.2 Å². The molecule has 2 heterocycles. The Kier molecular flexibility index (Phi) is 6.46. The van der Waals surface area contributed by atoms with Crippen LogP contribution >= 0.6 is 0 Å². The number of aromatic nitrogens is 3. The summed E-state index contributed by atoms with van der Waals surface area (Å²) >= 11 is 0. The molecule has 28 heavy (non-hydrogen) atoms. The van der Waals surface area contributed by atoms with Crippen molar-refractivity contribution in [3.8, 4) is 17.8 Å². The summed E-state index contributed by atoms with van der Waals surface area (Å²) in [6.07, 6.45) is 1.43. The maximum atomic E-state index is 12.6. The highest BCUT2D eigenvalue weighted by molar-refractivity contribution is 5.79. The molecule has 0 saturated carbocycles. The van der Waals surface area contributed by atoms with Crippen LogP contribution in [0.4, 0.5) is 5.95 Å². The van der Waals surface area contributed by atoms with Crippen LogP contribution in [0.15, 0.2) is 24.3 Å². The van der Waals surface area contributed by atoms with Gasteiger partial charge >= 0.3 is 12.0 Å². The van der Waals surface area contributed by atoms with Crippen molar-refractivity contribution in [1.82, 2.24) is 20.3 Å². The van der Waals surface area contributed by atoms with Gasteiger partial charge in [-0.25, -0.2) is 0 Å². The fourth-order valence-electron chi connectivity index (χ4n) is 3.17. The second kappa shape index (κ2) is 9.20. The number of rotatable bonds is 7. The number of hydrogen-bond acceptors (Lipinski definition) is 8. The van der Waals surface area contributed by atoms with E-state index < -0.39 is 0 Å². The van der Waals surface area contributed by atoms with Crippen molar-refractivity contribution >= 4 is 11.9 Å². The lowest BCUT2D eigenvalue weighted by Crippen LogP contribution is -2.41. The van der Waals surface area contributed by atoms with Crippen molar-refractivity contribution in [3.05, 3.63) is 29.8 Å². The number of amides is 1. The number of nitrogens with zero attached hydrogens (tertiary/aromatic N) is 4. The number of carbonyl (C=O) groups is 1. The van der Waals surface area contributed by atoms with Gasteiger partial charge in [-0.15, -0.1) is 4.98 Å². The Labute approximate surface area is 164 Å². The van der Waals surface area contributed by atoms with Gasteiger partial charge in [0, 0.05) is 31.1 Å². The summed E-state index contributed by atoms with van der Waals surface area (Å²) in [5.41, 5.74) is 0.958. The molecule has 3 rings (SSSR count). The molecule has 0 spiro atoms. The number of para-hydroxylation sites is 1. The van der Waals surface area contributed by atoms with E-state index >= 15 is 0 Å². The van der Waals surface area contributed by atoms with E-state index in [0.717, 1.165) is 11.3 Å². The van der Waals surface area contributed by atoms with Crippen LogP contribution in [-0.4, -0.2) is 55.3 Å². The van der Waals surface area contributed by atoms with Gasteiger partial charge < -0.3 is 24.4 Å². The molecular formula is C19H25N5O4. The molecule has 9 heteroatoms. The standard InChI is InChI=1S/C19H25N5O4/c1-26-15-7-5-4-6-14(15)12-20-16(25)13-8-10-24(11-9-13)17-21-18(27-2)23-19(22-17)28-3/h4-7,13H,8-12H2,1-3H3,(H,20,25). The first-order valence-corrected chi connectivity index (χ1v) is 9.13. The summed E-state index contributed by atoms with van der Waals surface area (Å²) < 4.78 is 15.5. The van der Waals surface area contributed by atoms with Crippen LogP contribution in [0, 0.1) is 5.92 Å². The smallest absolute Gasteiger partial charge is 0.324 e. The Bertz CT molecular complexity index is 786. The topological polar surface area (TPSA) is 98.7 Å². The number of anilines is 1. The Morgan fingerprint density at radius 3 is 2.29 bits per heavy atom. The molecule has 1 N–H and O–H groups in total. The zero-order valence-corrected chi connectivity index (χ0v) is 16.3. The Morgan fingerprint density at radius 2 is 1.68 bits per heavy atom. The Balaban J connectivity index is 1.55. The minimum atomic E-state index is -0.0448. The molecular weight excluding hydrogens is 362 g/mol. The summed E-state index contributed by atoms with van der Waals surface area (Å²) in [6, 6.07) is 8.09. The van der Waals surface area contributed by atoms with Gasteiger partial charge in [-0.05, 0) is 18.9 Å². The molecule has 1 aromatic carbocycles. The predicted octanol–water partition coefficient (Wildman–Crippen LogP) is 1.43. The molecule has 1 saturated heterocycles. The van der Waals surface area contributed by atoms with Crippen LogP contribution in [0.25, 0.3) is 0 Å². The number of piperidine rings is 1. The van der Waals surface area contributed by atoms with Gasteiger partial charge in [0.2, 0.25) is 11.9 Å². The van der Waals surface area contributed by atoms with E-state index in [9.17, 15) is 4.79 Å². The van der Waals surface area contributed by atoms with E-state index in [0.29, 0.717) is 38.4 Å². The van der Waals surface area contributed by atoms with Crippen molar-refractivity contribution in [3.63, 3.8) is 0 Å². The molecule has 0 bridgehead atoms. The van der Waals surface area contributed by atoms with E-state index in [1.54, 1.807) is 7.11 Å². The second-order valence-electron chi connectivity index (χ2n) is 6.40. The molecule has 0 radical (unpaired) electrons. The number of methoxy groups -OCH3 is 3. The third kappa shape index (κ3) is 4.59. The monoisotopic (exact) mass is 387 g/mol. The van der Waals surface area contributed by atoms with Gasteiger partial charge in [-0.1, -0.05) is 18.2 Å². The minimum Gasteiger partial charge on any atom is -0.496 e. The lowest BCUT2D eigenvalue weighted by atomic mass is 9.96. The van der Waals surface area contributed by atoms with Crippen molar-refractivity contribution in [1.29, 1.82) is 0 Å². The predicted molar refractivity (Wildman–Crippen MR) is 103 cm³/mol. The zero-order valence-electron chi connectivity index (χ0n) is 16.3. The molecule has 2 aromatic rings. The van der Waals surface area contributed by atoms with E-state index in [-0.39, 0.29) is 23.8 Å². The molecule has 1 aromatic heterocycles. The molecule has 9 nitrogen and oxygen atoms in total. The maximum Gasteiger partial charge on any atom is 0.324 e. The normalized spacial score (nSPS) is 14.5. The first-order chi connectivity index (χ1) is 13.6. The summed E-state index contributed by atoms with van der Waals surface area (Å²) in [4.78, 5) is 27.1. The average Bonchev–Trinajstić information content (AvgIpc) is 2.77. The van der Waals surface area contributed by atoms with Gasteiger partial charge in [-0.2, -0.15) is 9.97 Å². The fourth-order valence-corrected chi connectivity index (χ4v) is 3.17.